The van der Waals surface area contributed by atoms with Gasteiger partial charge in [0.05, 0.1) is 11.3 Å². The van der Waals surface area contributed by atoms with Crippen molar-refractivity contribution in [2.45, 2.75) is 19.3 Å². The summed E-state index contributed by atoms with van der Waals surface area (Å²) in [5.74, 6) is -0.131. The van der Waals surface area contributed by atoms with Crippen LogP contribution in [0.5, 0.6) is 0 Å². The predicted molar refractivity (Wildman–Crippen MR) is 93.5 cm³/mol. The van der Waals surface area contributed by atoms with Crippen molar-refractivity contribution in [3.63, 3.8) is 0 Å². The van der Waals surface area contributed by atoms with Crippen molar-refractivity contribution in [1.82, 2.24) is 0 Å². The Balaban J connectivity index is 1.64. The third-order valence-electron chi connectivity index (χ3n) is 4.03. The second-order valence-electron chi connectivity index (χ2n) is 5.85. The first-order chi connectivity index (χ1) is 12.0. The van der Waals surface area contributed by atoms with Crippen LogP contribution in [0.2, 0.25) is 0 Å². The molecule has 1 N–H and O–H groups in total. The number of anilines is 2. The Morgan fingerprint density at radius 1 is 1.20 bits per heavy atom. The van der Waals surface area contributed by atoms with E-state index in [2.05, 4.69) is 5.32 Å². The normalized spacial score (nSPS) is 13.8. The molecule has 2 aromatic rings. The smallest absolute Gasteiger partial charge is 0.269 e. The van der Waals surface area contributed by atoms with Crippen molar-refractivity contribution in [2.75, 3.05) is 16.8 Å². The summed E-state index contributed by atoms with van der Waals surface area (Å²) in [7, 11) is 0. The van der Waals surface area contributed by atoms with Gasteiger partial charge in [-0.15, -0.1) is 0 Å². The largest absolute Gasteiger partial charge is 0.326 e. The van der Waals surface area contributed by atoms with E-state index in [9.17, 15) is 19.7 Å². The molecule has 0 aliphatic carbocycles. The van der Waals surface area contributed by atoms with E-state index in [1.54, 1.807) is 35.2 Å². The van der Waals surface area contributed by atoms with Gasteiger partial charge in [0, 0.05) is 36.5 Å². The lowest BCUT2D eigenvalue weighted by molar-refractivity contribution is -0.384. The Kier molecular flexibility index (Phi) is 4.74. The van der Waals surface area contributed by atoms with Crippen molar-refractivity contribution in [3.05, 3.63) is 64.2 Å². The van der Waals surface area contributed by atoms with Gasteiger partial charge in [-0.3, -0.25) is 19.7 Å². The molecule has 2 amide bonds. The summed E-state index contributed by atoms with van der Waals surface area (Å²) in [4.78, 5) is 35.9. The molecule has 7 heteroatoms. The minimum absolute atomic E-state index is 0.00728. The van der Waals surface area contributed by atoms with Crippen LogP contribution in [0.3, 0.4) is 0 Å². The number of nitro benzene ring substituents is 1. The van der Waals surface area contributed by atoms with Gasteiger partial charge in [-0.2, -0.15) is 0 Å². The third-order valence-corrected chi connectivity index (χ3v) is 4.03. The number of nitrogens with zero attached hydrogens (tertiary/aromatic N) is 2. The third kappa shape index (κ3) is 4.00. The van der Waals surface area contributed by atoms with E-state index in [4.69, 9.17) is 0 Å². The summed E-state index contributed by atoms with van der Waals surface area (Å²) in [6.45, 7) is 0.693. The average molecular weight is 339 g/mol. The molecule has 0 aromatic heterocycles. The molecule has 0 spiro atoms. The van der Waals surface area contributed by atoms with Gasteiger partial charge < -0.3 is 10.2 Å². The lowest BCUT2D eigenvalue weighted by Gasteiger charge is -2.16. The van der Waals surface area contributed by atoms with Crippen molar-refractivity contribution in [2.24, 2.45) is 0 Å². The van der Waals surface area contributed by atoms with Crippen LogP contribution in [0, 0.1) is 10.1 Å². The number of rotatable bonds is 5. The summed E-state index contributed by atoms with van der Waals surface area (Å²) in [5.41, 5.74) is 2.07. The highest BCUT2D eigenvalue weighted by Gasteiger charge is 2.21. The van der Waals surface area contributed by atoms with E-state index < -0.39 is 4.92 Å². The van der Waals surface area contributed by atoms with E-state index in [0.717, 1.165) is 12.1 Å². The second kappa shape index (κ2) is 7.12. The van der Waals surface area contributed by atoms with Gasteiger partial charge in [-0.1, -0.05) is 18.2 Å². The Labute approximate surface area is 144 Å². The highest BCUT2D eigenvalue weighted by atomic mass is 16.6. The molecular weight excluding hydrogens is 322 g/mol. The number of benzene rings is 2. The van der Waals surface area contributed by atoms with Gasteiger partial charge >= 0.3 is 0 Å². The number of hydrogen-bond donors (Lipinski definition) is 1. The summed E-state index contributed by atoms with van der Waals surface area (Å²) in [6.07, 6.45) is 1.51. The number of hydrogen-bond acceptors (Lipinski definition) is 4. The van der Waals surface area contributed by atoms with Crippen LogP contribution in [0.4, 0.5) is 17.1 Å². The number of nitrogens with one attached hydrogen (secondary N) is 1. The maximum Gasteiger partial charge on any atom is 0.269 e. The van der Waals surface area contributed by atoms with Crippen LogP contribution < -0.4 is 10.2 Å². The molecule has 0 unspecified atom stereocenters. The van der Waals surface area contributed by atoms with Crippen LogP contribution in [-0.4, -0.2) is 23.3 Å². The minimum atomic E-state index is -0.477. The van der Waals surface area contributed by atoms with Crippen molar-refractivity contribution in [3.8, 4) is 0 Å². The Bertz CT molecular complexity index is 817. The first-order valence-electron chi connectivity index (χ1n) is 7.96. The van der Waals surface area contributed by atoms with Crippen LogP contribution >= 0.6 is 0 Å². The Morgan fingerprint density at radius 3 is 2.60 bits per heavy atom. The molecule has 0 radical (unpaired) electrons. The zero-order valence-corrected chi connectivity index (χ0v) is 13.5. The maximum atomic E-state index is 12.2. The molecule has 1 aliphatic heterocycles. The van der Waals surface area contributed by atoms with Crippen molar-refractivity contribution < 1.29 is 14.5 Å². The molecule has 1 aliphatic rings. The molecule has 25 heavy (non-hydrogen) atoms. The molecule has 3 rings (SSSR count). The van der Waals surface area contributed by atoms with Gasteiger partial charge in [-0.05, 0) is 30.2 Å². The lowest BCUT2D eigenvalue weighted by Crippen LogP contribution is -2.23. The van der Waals surface area contributed by atoms with Crippen LogP contribution in [-0.2, 0) is 16.0 Å². The molecular formula is C18H17N3O4. The van der Waals surface area contributed by atoms with E-state index in [1.807, 2.05) is 6.07 Å². The molecule has 0 bridgehead atoms. The first kappa shape index (κ1) is 16.6. The molecule has 0 atom stereocenters. The van der Waals surface area contributed by atoms with Crippen LogP contribution in [0.25, 0.3) is 0 Å². The van der Waals surface area contributed by atoms with Crippen molar-refractivity contribution >= 4 is 28.9 Å². The molecule has 1 fully saturated rings. The van der Waals surface area contributed by atoms with Crippen molar-refractivity contribution in [1.29, 1.82) is 0 Å². The Morgan fingerprint density at radius 2 is 1.96 bits per heavy atom. The summed E-state index contributed by atoms with van der Waals surface area (Å²) in [5, 5.41) is 13.4. The molecule has 0 saturated carbocycles. The first-order valence-corrected chi connectivity index (χ1v) is 7.96. The number of non-ortho nitro benzene ring substituents is 1. The van der Waals surface area contributed by atoms with Gasteiger partial charge in [0.25, 0.3) is 5.69 Å². The molecule has 2 aromatic carbocycles. The van der Waals surface area contributed by atoms with Gasteiger partial charge in [0.15, 0.2) is 0 Å². The summed E-state index contributed by atoms with van der Waals surface area (Å²) >= 11 is 0. The van der Waals surface area contributed by atoms with Gasteiger partial charge in [-0.25, -0.2) is 0 Å². The van der Waals surface area contributed by atoms with E-state index in [-0.39, 0.29) is 23.9 Å². The monoisotopic (exact) mass is 339 g/mol. The predicted octanol–water partition coefficient (Wildman–Crippen LogP) is 2.90. The Hall–Kier alpha value is -3.22. The number of nitro groups is 1. The SMILES string of the molecule is O=C(Cc1ccc([N+](=O)[O-])cc1)Nc1cccc(N2CCCC2=O)c1. The average Bonchev–Trinajstić information content (AvgIpc) is 3.01. The fraction of sp³-hybridized carbons (Fsp3) is 0.222. The number of carbonyl (C=O) groups is 2. The van der Waals surface area contributed by atoms with Gasteiger partial charge in [0.1, 0.15) is 0 Å². The lowest BCUT2D eigenvalue weighted by atomic mass is 10.1. The molecule has 7 nitrogen and oxygen atoms in total. The minimum Gasteiger partial charge on any atom is -0.326 e. The maximum absolute atomic E-state index is 12.2. The second-order valence-corrected chi connectivity index (χ2v) is 5.85. The zero-order chi connectivity index (χ0) is 17.8. The zero-order valence-electron chi connectivity index (χ0n) is 13.5. The highest BCUT2D eigenvalue weighted by molar-refractivity contribution is 5.97. The fourth-order valence-corrected chi connectivity index (χ4v) is 2.80. The highest BCUT2D eigenvalue weighted by Crippen LogP contribution is 2.24. The number of amides is 2. The van der Waals surface area contributed by atoms with E-state index in [0.29, 0.717) is 24.2 Å². The number of carbonyl (C=O) groups excluding carboxylic acids is 2. The van der Waals surface area contributed by atoms with E-state index >= 15 is 0 Å². The molecule has 1 saturated heterocycles. The quantitative estimate of drug-likeness (QED) is 0.669. The van der Waals surface area contributed by atoms with Crippen LogP contribution in [0.1, 0.15) is 18.4 Å². The van der Waals surface area contributed by atoms with Crippen LogP contribution in [0.15, 0.2) is 48.5 Å². The molecule has 1 heterocycles. The van der Waals surface area contributed by atoms with Gasteiger partial charge in [0.2, 0.25) is 11.8 Å². The fourth-order valence-electron chi connectivity index (χ4n) is 2.80. The summed E-state index contributed by atoms with van der Waals surface area (Å²) < 4.78 is 0. The standard InChI is InChI=1S/C18H17N3O4/c22-17(11-13-6-8-15(9-7-13)21(24)25)19-14-3-1-4-16(12-14)20-10-2-5-18(20)23/h1,3-4,6-9,12H,2,5,10-11H2,(H,19,22). The summed E-state index contributed by atoms with van der Waals surface area (Å²) in [6, 6.07) is 13.1. The topological polar surface area (TPSA) is 92.5 Å². The van der Waals surface area contributed by atoms with E-state index in [1.165, 1.54) is 12.1 Å². The molecule has 128 valence electrons.